The molecule has 0 atom stereocenters. The van der Waals surface area contributed by atoms with Crippen LogP contribution in [0.4, 0.5) is 4.39 Å². The summed E-state index contributed by atoms with van der Waals surface area (Å²) in [4.78, 5) is 17.7. The monoisotopic (exact) mass is 252 g/mol. The Morgan fingerprint density at radius 3 is 2.72 bits per heavy atom. The van der Waals surface area contributed by atoms with E-state index >= 15 is 0 Å². The summed E-state index contributed by atoms with van der Waals surface area (Å²) in [6.45, 7) is 3.91. The van der Waals surface area contributed by atoms with Gasteiger partial charge >= 0.3 is 0 Å². The van der Waals surface area contributed by atoms with Crippen molar-refractivity contribution in [2.45, 2.75) is 32.6 Å². The topological polar surface area (TPSA) is 33.2 Å². The molecule has 0 amide bonds. The van der Waals surface area contributed by atoms with E-state index in [9.17, 15) is 9.18 Å². The molecule has 0 aromatic carbocycles. The molecule has 0 bridgehead atoms. The summed E-state index contributed by atoms with van der Waals surface area (Å²) >= 11 is 0. The highest BCUT2D eigenvalue weighted by Gasteiger charge is 2.08. The van der Waals surface area contributed by atoms with Crippen LogP contribution in [0.2, 0.25) is 0 Å². The molecule has 0 saturated carbocycles. The van der Waals surface area contributed by atoms with Gasteiger partial charge in [-0.25, -0.2) is 4.39 Å². The van der Waals surface area contributed by atoms with Gasteiger partial charge in [-0.05, 0) is 32.1 Å². The Bertz CT molecular complexity index is 365. The number of carbonyl (C=O) groups is 1. The van der Waals surface area contributed by atoms with Crippen molar-refractivity contribution in [1.29, 1.82) is 0 Å². The first kappa shape index (κ1) is 14.8. The largest absolute Gasteiger partial charge is 0.306 e. The Kier molecular flexibility index (Phi) is 6.50. The molecule has 0 N–H and O–H groups in total. The number of hydrogen-bond donors (Lipinski definition) is 0. The number of carbonyl (C=O) groups excluding carboxylic acids is 1. The lowest BCUT2D eigenvalue weighted by Gasteiger charge is -2.15. The van der Waals surface area contributed by atoms with Gasteiger partial charge in [0.15, 0.2) is 5.78 Å². The van der Waals surface area contributed by atoms with Crippen molar-refractivity contribution in [2.24, 2.45) is 0 Å². The van der Waals surface area contributed by atoms with Crippen molar-refractivity contribution in [3.63, 3.8) is 0 Å². The van der Waals surface area contributed by atoms with Crippen molar-refractivity contribution < 1.29 is 9.18 Å². The van der Waals surface area contributed by atoms with E-state index in [1.807, 2.05) is 7.05 Å². The highest BCUT2D eigenvalue weighted by Crippen LogP contribution is 2.03. The standard InChI is InChI=1S/C14H21FN2O/c1-3-4-5-9-17(2)10-8-14(18)13-7-6-12(15)11-16-13/h6-7,11H,3-5,8-10H2,1-2H3. The number of aromatic nitrogens is 1. The molecule has 1 aromatic heterocycles. The van der Waals surface area contributed by atoms with Crippen molar-refractivity contribution in [3.8, 4) is 0 Å². The van der Waals surface area contributed by atoms with Crippen LogP contribution in [0.3, 0.4) is 0 Å². The third kappa shape index (κ3) is 5.36. The summed E-state index contributed by atoms with van der Waals surface area (Å²) in [7, 11) is 2.01. The zero-order valence-corrected chi connectivity index (χ0v) is 11.2. The van der Waals surface area contributed by atoms with Gasteiger partial charge in [-0.1, -0.05) is 19.8 Å². The Hall–Kier alpha value is -1.29. The number of halogens is 1. The second-order valence-corrected chi connectivity index (χ2v) is 4.55. The Morgan fingerprint density at radius 2 is 2.11 bits per heavy atom. The molecule has 0 fully saturated rings. The molecular weight excluding hydrogens is 231 g/mol. The summed E-state index contributed by atoms with van der Waals surface area (Å²) in [6, 6.07) is 2.71. The molecule has 0 spiro atoms. The lowest BCUT2D eigenvalue weighted by Crippen LogP contribution is -2.23. The van der Waals surface area contributed by atoms with Crippen molar-refractivity contribution in [3.05, 3.63) is 29.8 Å². The molecule has 18 heavy (non-hydrogen) atoms. The average molecular weight is 252 g/mol. The minimum absolute atomic E-state index is 0.0302. The van der Waals surface area contributed by atoms with Crippen molar-refractivity contribution >= 4 is 5.78 Å². The quantitative estimate of drug-likeness (QED) is 0.527. The fourth-order valence-corrected chi connectivity index (χ4v) is 1.70. The van der Waals surface area contributed by atoms with E-state index in [2.05, 4.69) is 16.8 Å². The van der Waals surface area contributed by atoms with Crippen LogP contribution >= 0.6 is 0 Å². The van der Waals surface area contributed by atoms with Gasteiger partial charge in [0.2, 0.25) is 0 Å². The second-order valence-electron chi connectivity index (χ2n) is 4.55. The summed E-state index contributed by atoms with van der Waals surface area (Å²) in [5, 5.41) is 0. The van der Waals surface area contributed by atoms with E-state index in [0.29, 0.717) is 12.1 Å². The van der Waals surface area contributed by atoms with Crippen LogP contribution in [0, 0.1) is 5.82 Å². The number of pyridine rings is 1. The molecule has 0 aliphatic carbocycles. The molecule has 0 aliphatic rings. The molecule has 1 heterocycles. The first-order valence-corrected chi connectivity index (χ1v) is 6.46. The number of nitrogens with zero attached hydrogens (tertiary/aromatic N) is 2. The molecule has 4 heteroatoms. The number of rotatable bonds is 8. The van der Waals surface area contributed by atoms with E-state index in [0.717, 1.165) is 25.7 Å². The molecule has 0 radical (unpaired) electrons. The maximum absolute atomic E-state index is 12.7. The zero-order valence-electron chi connectivity index (χ0n) is 11.2. The fourth-order valence-electron chi connectivity index (χ4n) is 1.70. The van der Waals surface area contributed by atoms with Crippen LogP contribution in [-0.4, -0.2) is 35.8 Å². The second kappa shape index (κ2) is 7.93. The first-order valence-electron chi connectivity index (χ1n) is 6.46. The highest BCUT2D eigenvalue weighted by atomic mass is 19.1. The van der Waals surface area contributed by atoms with E-state index in [1.54, 1.807) is 0 Å². The van der Waals surface area contributed by atoms with Crippen LogP contribution in [-0.2, 0) is 0 Å². The predicted octanol–water partition coefficient (Wildman–Crippen LogP) is 2.92. The van der Waals surface area contributed by atoms with Gasteiger partial charge < -0.3 is 4.90 Å². The summed E-state index contributed by atoms with van der Waals surface area (Å²) in [5.41, 5.74) is 0.346. The molecule has 1 aromatic rings. The molecular formula is C14H21FN2O. The third-order valence-corrected chi connectivity index (χ3v) is 2.88. The lowest BCUT2D eigenvalue weighted by atomic mass is 10.2. The molecule has 0 aliphatic heterocycles. The summed E-state index contributed by atoms with van der Waals surface area (Å²) in [5.74, 6) is -0.444. The number of hydrogen-bond acceptors (Lipinski definition) is 3. The minimum Gasteiger partial charge on any atom is -0.306 e. The van der Waals surface area contributed by atoms with Gasteiger partial charge in [-0.15, -0.1) is 0 Å². The number of Topliss-reactive ketones (excluding diaryl/α,β-unsaturated/α-hetero) is 1. The predicted molar refractivity (Wildman–Crippen MR) is 70.2 cm³/mol. The van der Waals surface area contributed by atoms with Gasteiger partial charge in [0.1, 0.15) is 11.5 Å². The zero-order chi connectivity index (χ0) is 13.4. The average Bonchev–Trinajstić information content (AvgIpc) is 2.37. The normalized spacial score (nSPS) is 10.9. The molecule has 0 saturated heterocycles. The van der Waals surface area contributed by atoms with Crippen LogP contribution < -0.4 is 0 Å². The van der Waals surface area contributed by atoms with Gasteiger partial charge in [-0.2, -0.15) is 0 Å². The summed E-state index contributed by atoms with van der Waals surface area (Å²) in [6.07, 6.45) is 5.10. The van der Waals surface area contributed by atoms with E-state index < -0.39 is 5.82 Å². The van der Waals surface area contributed by atoms with Gasteiger partial charge in [0.25, 0.3) is 0 Å². The van der Waals surface area contributed by atoms with E-state index in [4.69, 9.17) is 0 Å². The third-order valence-electron chi connectivity index (χ3n) is 2.88. The van der Waals surface area contributed by atoms with Gasteiger partial charge in [-0.3, -0.25) is 9.78 Å². The van der Waals surface area contributed by atoms with Crippen molar-refractivity contribution in [2.75, 3.05) is 20.1 Å². The smallest absolute Gasteiger partial charge is 0.182 e. The Balaban J connectivity index is 2.30. The van der Waals surface area contributed by atoms with Crippen LogP contribution in [0.25, 0.3) is 0 Å². The maximum atomic E-state index is 12.7. The minimum atomic E-state index is -0.414. The van der Waals surface area contributed by atoms with Crippen LogP contribution in [0.5, 0.6) is 0 Å². The number of ketones is 1. The molecule has 1 rings (SSSR count). The van der Waals surface area contributed by atoms with Crippen molar-refractivity contribution in [1.82, 2.24) is 9.88 Å². The molecule has 100 valence electrons. The lowest BCUT2D eigenvalue weighted by molar-refractivity contribution is 0.0964. The Labute approximate surface area is 108 Å². The van der Waals surface area contributed by atoms with E-state index in [1.165, 1.54) is 25.0 Å². The number of unbranched alkanes of at least 4 members (excludes halogenated alkanes) is 2. The van der Waals surface area contributed by atoms with E-state index in [-0.39, 0.29) is 5.78 Å². The fraction of sp³-hybridized carbons (Fsp3) is 0.571. The van der Waals surface area contributed by atoms with Gasteiger partial charge in [0.05, 0.1) is 6.20 Å². The molecule has 3 nitrogen and oxygen atoms in total. The SMILES string of the molecule is CCCCCN(C)CCC(=O)c1ccc(F)cn1. The van der Waals surface area contributed by atoms with Gasteiger partial charge in [0, 0.05) is 13.0 Å². The highest BCUT2D eigenvalue weighted by molar-refractivity contribution is 5.94. The summed E-state index contributed by atoms with van der Waals surface area (Å²) < 4.78 is 12.7. The molecule has 0 unspecified atom stereocenters. The van der Waals surface area contributed by atoms with Crippen LogP contribution in [0.1, 0.15) is 43.1 Å². The van der Waals surface area contributed by atoms with Crippen LogP contribution in [0.15, 0.2) is 18.3 Å². The maximum Gasteiger partial charge on any atom is 0.182 e. The first-order chi connectivity index (χ1) is 8.63. The Morgan fingerprint density at radius 1 is 1.33 bits per heavy atom.